The number of aromatic nitrogens is 2. The number of β-amino-alcohol motifs (C(OH)–C–C–N with tert-alkyl or cyclic N) is 1. The fraction of sp³-hybridized carbons (Fsp3) is 0.462. The summed E-state index contributed by atoms with van der Waals surface area (Å²) in [7, 11) is 0. The lowest BCUT2D eigenvalue weighted by Gasteiger charge is -2.13. The van der Waals surface area contributed by atoms with Crippen molar-refractivity contribution in [1.29, 1.82) is 0 Å². The van der Waals surface area contributed by atoms with Crippen LogP contribution in [0.25, 0.3) is 5.65 Å². The molecule has 1 saturated heterocycles. The molecule has 0 aliphatic carbocycles. The number of halogens is 2. The Balaban J connectivity index is 0.00000147. The van der Waals surface area contributed by atoms with Crippen LogP contribution in [0.3, 0.4) is 0 Å². The first-order valence-electron chi connectivity index (χ1n) is 6.45. The van der Waals surface area contributed by atoms with E-state index in [1.165, 1.54) is 0 Å². The average molecular weight is 317 g/mol. The Bertz CT molecular complexity index is 574. The standard InChI is InChI=1S/C13H17ClN4O.ClH/c14-10-1-2-13-17-6-11(18(13)8-10)5-15-3-9-4-16-7-12(9)19;/h1-2,6,8-9,12,15-16,19H,3-5,7H2;1H. The lowest BCUT2D eigenvalue weighted by atomic mass is 10.1. The molecule has 2 aromatic rings. The number of nitrogens with one attached hydrogen (secondary N) is 2. The summed E-state index contributed by atoms with van der Waals surface area (Å²) < 4.78 is 1.98. The van der Waals surface area contributed by atoms with Gasteiger partial charge in [0, 0.05) is 38.3 Å². The van der Waals surface area contributed by atoms with Gasteiger partial charge in [0.25, 0.3) is 0 Å². The van der Waals surface area contributed by atoms with Crippen molar-refractivity contribution in [1.82, 2.24) is 20.0 Å². The molecule has 0 saturated carbocycles. The molecule has 3 heterocycles. The van der Waals surface area contributed by atoms with Crippen molar-refractivity contribution in [2.45, 2.75) is 12.6 Å². The molecule has 7 heteroatoms. The molecule has 1 aliphatic rings. The van der Waals surface area contributed by atoms with Crippen LogP contribution in [0.4, 0.5) is 0 Å². The highest BCUT2D eigenvalue weighted by molar-refractivity contribution is 6.30. The minimum absolute atomic E-state index is 0. The van der Waals surface area contributed by atoms with Gasteiger partial charge < -0.3 is 20.1 Å². The van der Waals surface area contributed by atoms with E-state index in [4.69, 9.17) is 11.6 Å². The van der Waals surface area contributed by atoms with E-state index in [2.05, 4.69) is 15.6 Å². The quantitative estimate of drug-likeness (QED) is 0.790. The molecule has 2 unspecified atom stereocenters. The normalized spacial score (nSPS) is 22.1. The predicted octanol–water partition coefficient (Wildman–Crippen LogP) is 1.08. The summed E-state index contributed by atoms with van der Waals surface area (Å²) in [4.78, 5) is 4.33. The Morgan fingerprint density at radius 1 is 1.45 bits per heavy atom. The van der Waals surface area contributed by atoms with E-state index in [-0.39, 0.29) is 24.4 Å². The van der Waals surface area contributed by atoms with Crippen LogP contribution >= 0.6 is 24.0 Å². The van der Waals surface area contributed by atoms with Crippen LogP contribution in [0.15, 0.2) is 24.5 Å². The summed E-state index contributed by atoms with van der Waals surface area (Å²) in [6.07, 6.45) is 3.47. The number of fused-ring (bicyclic) bond motifs is 1. The monoisotopic (exact) mass is 316 g/mol. The van der Waals surface area contributed by atoms with Crippen molar-refractivity contribution in [2.75, 3.05) is 19.6 Å². The lowest BCUT2D eigenvalue weighted by molar-refractivity contribution is 0.146. The van der Waals surface area contributed by atoms with Crippen LogP contribution in [0.2, 0.25) is 5.02 Å². The van der Waals surface area contributed by atoms with E-state index >= 15 is 0 Å². The molecular formula is C13H18Cl2N4O. The number of pyridine rings is 1. The van der Waals surface area contributed by atoms with Crippen LogP contribution in [0.1, 0.15) is 5.69 Å². The topological polar surface area (TPSA) is 61.6 Å². The molecule has 20 heavy (non-hydrogen) atoms. The molecule has 1 aliphatic heterocycles. The zero-order chi connectivity index (χ0) is 13.2. The number of nitrogens with zero attached hydrogens (tertiary/aromatic N) is 2. The minimum atomic E-state index is -0.246. The van der Waals surface area contributed by atoms with Gasteiger partial charge >= 0.3 is 0 Å². The average Bonchev–Trinajstić information content (AvgIpc) is 2.97. The molecular weight excluding hydrogens is 299 g/mol. The zero-order valence-electron chi connectivity index (χ0n) is 10.9. The van der Waals surface area contributed by atoms with Crippen LogP contribution in [-0.4, -0.2) is 40.2 Å². The molecule has 110 valence electrons. The van der Waals surface area contributed by atoms with Crippen molar-refractivity contribution in [3.8, 4) is 0 Å². The van der Waals surface area contributed by atoms with Gasteiger partial charge in [-0.25, -0.2) is 4.98 Å². The fourth-order valence-electron chi connectivity index (χ4n) is 2.45. The zero-order valence-corrected chi connectivity index (χ0v) is 12.5. The van der Waals surface area contributed by atoms with E-state index in [0.717, 1.165) is 24.4 Å². The molecule has 0 aromatic carbocycles. The van der Waals surface area contributed by atoms with Gasteiger partial charge in [0.05, 0.1) is 23.0 Å². The highest BCUT2D eigenvalue weighted by Gasteiger charge is 2.24. The Labute approximate surface area is 128 Å². The van der Waals surface area contributed by atoms with Crippen molar-refractivity contribution >= 4 is 29.7 Å². The molecule has 5 nitrogen and oxygen atoms in total. The second-order valence-electron chi connectivity index (χ2n) is 4.94. The predicted molar refractivity (Wildman–Crippen MR) is 81.5 cm³/mol. The highest BCUT2D eigenvalue weighted by Crippen LogP contribution is 2.13. The largest absolute Gasteiger partial charge is 0.391 e. The van der Waals surface area contributed by atoms with Crippen LogP contribution < -0.4 is 10.6 Å². The summed E-state index contributed by atoms with van der Waals surface area (Å²) in [6, 6.07) is 3.73. The second-order valence-corrected chi connectivity index (χ2v) is 5.38. The van der Waals surface area contributed by atoms with Gasteiger partial charge in [-0.05, 0) is 12.1 Å². The summed E-state index contributed by atoms with van der Waals surface area (Å²) in [5.74, 6) is 0.280. The van der Waals surface area contributed by atoms with Crippen molar-refractivity contribution in [2.24, 2.45) is 5.92 Å². The third-order valence-electron chi connectivity index (χ3n) is 3.56. The van der Waals surface area contributed by atoms with Crippen molar-refractivity contribution < 1.29 is 5.11 Å². The Hall–Kier alpha value is -0.850. The Morgan fingerprint density at radius 2 is 2.30 bits per heavy atom. The van der Waals surface area contributed by atoms with Gasteiger partial charge in [-0.15, -0.1) is 12.4 Å². The van der Waals surface area contributed by atoms with E-state index in [9.17, 15) is 5.11 Å². The summed E-state index contributed by atoms with van der Waals surface area (Å²) in [5.41, 5.74) is 1.96. The van der Waals surface area contributed by atoms with E-state index in [1.54, 1.807) is 0 Å². The number of hydrogen-bond acceptors (Lipinski definition) is 4. The summed E-state index contributed by atoms with van der Waals surface area (Å²) in [6.45, 7) is 3.07. The summed E-state index contributed by atoms with van der Waals surface area (Å²) >= 11 is 5.99. The maximum absolute atomic E-state index is 9.72. The first-order valence-corrected chi connectivity index (χ1v) is 6.83. The number of hydrogen-bond donors (Lipinski definition) is 3. The second kappa shape index (κ2) is 6.74. The van der Waals surface area contributed by atoms with Gasteiger partial charge in [-0.3, -0.25) is 0 Å². The van der Waals surface area contributed by atoms with Gasteiger partial charge in [-0.2, -0.15) is 0 Å². The van der Waals surface area contributed by atoms with Gasteiger partial charge in [0.1, 0.15) is 5.65 Å². The minimum Gasteiger partial charge on any atom is -0.391 e. The van der Waals surface area contributed by atoms with Crippen LogP contribution in [0, 0.1) is 5.92 Å². The number of rotatable bonds is 4. The van der Waals surface area contributed by atoms with Gasteiger partial charge in [0.2, 0.25) is 0 Å². The molecule has 3 N–H and O–H groups in total. The molecule has 0 bridgehead atoms. The Morgan fingerprint density at radius 3 is 3.05 bits per heavy atom. The number of aliphatic hydroxyl groups is 1. The van der Waals surface area contributed by atoms with Crippen LogP contribution in [0.5, 0.6) is 0 Å². The molecule has 2 aromatic heterocycles. The maximum atomic E-state index is 9.72. The summed E-state index contributed by atoms with van der Waals surface area (Å²) in [5, 5.41) is 17.0. The smallest absolute Gasteiger partial charge is 0.137 e. The lowest BCUT2D eigenvalue weighted by Crippen LogP contribution is -2.30. The third kappa shape index (κ3) is 3.24. The van der Waals surface area contributed by atoms with Crippen LogP contribution in [-0.2, 0) is 6.54 Å². The molecule has 0 radical (unpaired) electrons. The van der Waals surface area contributed by atoms with Gasteiger partial charge in [-0.1, -0.05) is 11.6 Å². The van der Waals surface area contributed by atoms with Crippen molar-refractivity contribution in [3.63, 3.8) is 0 Å². The first-order chi connectivity index (χ1) is 9.24. The molecule has 0 amide bonds. The molecule has 0 spiro atoms. The molecule has 3 rings (SSSR count). The van der Waals surface area contributed by atoms with E-state index < -0.39 is 0 Å². The van der Waals surface area contributed by atoms with Crippen molar-refractivity contribution in [3.05, 3.63) is 35.2 Å². The first kappa shape index (κ1) is 15.5. The molecule has 2 atom stereocenters. The fourth-order valence-corrected chi connectivity index (χ4v) is 2.61. The SMILES string of the molecule is Cl.OC1CNCC1CNCc1cnc2ccc(Cl)cn12. The Kier molecular flexibility index (Phi) is 5.23. The van der Waals surface area contributed by atoms with E-state index in [1.807, 2.05) is 28.9 Å². The third-order valence-corrected chi connectivity index (χ3v) is 3.79. The van der Waals surface area contributed by atoms with Gasteiger partial charge in [0.15, 0.2) is 0 Å². The highest BCUT2D eigenvalue weighted by atomic mass is 35.5. The number of imidazole rings is 1. The number of aliphatic hydroxyl groups excluding tert-OH is 1. The van der Waals surface area contributed by atoms with E-state index in [0.29, 0.717) is 18.1 Å². The molecule has 1 fully saturated rings. The maximum Gasteiger partial charge on any atom is 0.137 e.